The Morgan fingerprint density at radius 3 is 1.50 bits per heavy atom. The molecule has 52 heavy (non-hydrogen) atoms. The molecular weight excluding hydrogens is 648 g/mol. The summed E-state index contributed by atoms with van der Waals surface area (Å²) < 4.78 is 16.5. The minimum atomic E-state index is -0.821. The molecule has 0 fully saturated rings. The zero-order valence-electron chi connectivity index (χ0n) is 33.0. The standard InChI is InChI=1S/C46H72O6/c1-4-7-10-13-16-19-21-23-25-27-30-33-36-39-45(48)51-42-43(41-50-44(47)38-35-32-29-26-18-15-12-9-6-3)52-46(49)40-37-34-31-28-24-22-20-17-14-11-8-5-2/h7-8,10-11,13,16-17,19-21,23-26,28-29,43H,4-6,9,12,14-15,18,22,27,30-42H2,1-3H3/b10-7-,11-8-,16-13-,20-17-,21-19-,25-23-,28-24-,29-26-. The Kier molecular flexibility index (Phi) is 37.3. The minimum Gasteiger partial charge on any atom is -0.462 e. The third-order valence-electron chi connectivity index (χ3n) is 7.90. The van der Waals surface area contributed by atoms with E-state index in [1.807, 2.05) is 36.5 Å². The normalized spacial score (nSPS) is 13.1. The Morgan fingerprint density at radius 2 is 0.865 bits per heavy atom. The number of esters is 3. The predicted octanol–water partition coefficient (Wildman–Crippen LogP) is 12.7. The van der Waals surface area contributed by atoms with E-state index in [4.69, 9.17) is 14.2 Å². The van der Waals surface area contributed by atoms with Crippen LogP contribution < -0.4 is 0 Å². The SMILES string of the molecule is CC\C=C/C=C\C=C/C=C\CCCCCC(=O)OCC(COC(=O)CCC/C=C\CCCCCC)OC(=O)CCCC/C=C\C/C=C\C/C=C\CC. The largest absolute Gasteiger partial charge is 0.462 e. The van der Waals surface area contributed by atoms with Gasteiger partial charge in [0.15, 0.2) is 6.10 Å². The minimum absolute atomic E-state index is 0.123. The van der Waals surface area contributed by atoms with Crippen LogP contribution >= 0.6 is 0 Å². The zero-order valence-corrected chi connectivity index (χ0v) is 33.0. The van der Waals surface area contributed by atoms with Gasteiger partial charge in [0.2, 0.25) is 0 Å². The first-order chi connectivity index (χ1) is 25.5. The van der Waals surface area contributed by atoms with Crippen molar-refractivity contribution in [3.8, 4) is 0 Å². The molecule has 0 aromatic carbocycles. The van der Waals surface area contributed by atoms with Gasteiger partial charge in [0.05, 0.1) is 0 Å². The van der Waals surface area contributed by atoms with Crippen LogP contribution in [0.25, 0.3) is 0 Å². The van der Waals surface area contributed by atoms with Crippen LogP contribution in [0.5, 0.6) is 0 Å². The second-order valence-corrected chi connectivity index (χ2v) is 12.9. The van der Waals surface area contributed by atoms with E-state index >= 15 is 0 Å². The third kappa shape index (κ3) is 37.6. The maximum atomic E-state index is 12.6. The Morgan fingerprint density at radius 1 is 0.423 bits per heavy atom. The molecule has 0 aromatic heterocycles. The van der Waals surface area contributed by atoms with Gasteiger partial charge < -0.3 is 14.2 Å². The van der Waals surface area contributed by atoms with Gasteiger partial charge in [-0.3, -0.25) is 14.4 Å². The van der Waals surface area contributed by atoms with E-state index in [1.54, 1.807) is 0 Å². The molecule has 0 saturated carbocycles. The lowest BCUT2D eigenvalue weighted by atomic mass is 10.1. The first-order valence-corrected chi connectivity index (χ1v) is 20.3. The van der Waals surface area contributed by atoms with Crippen LogP contribution in [0.1, 0.15) is 156 Å². The molecule has 0 amide bonds. The Labute approximate surface area is 317 Å². The molecule has 6 heteroatoms. The van der Waals surface area contributed by atoms with E-state index in [1.165, 1.54) is 25.7 Å². The van der Waals surface area contributed by atoms with Gasteiger partial charge in [0.25, 0.3) is 0 Å². The second-order valence-electron chi connectivity index (χ2n) is 12.9. The summed E-state index contributed by atoms with van der Waals surface area (Å²) in [5.74, 6) is -1.05. The fraction of sp³-hybridized carbons (Fsp3) is 0.587. The van der Waals surface area contributed by atoms with E-state index < -0.39 is 6.10 Å². The number of hydrogen-bond donors (Lipinski definition) is 0. The predicted molar refractivity (Wildman–Crippen MR) is 219 cm³/mol. The summed E-state index contributed by atoms with van der Waals surface area (Å²) in [6, 6.07) is 0. The highest BCUT2D eigenvalue weighted by Crippen LogP contribution is 2.10. The van der Waals surface area contributed by atoms with Crippen LogP contribution in [0.2, 0.25) is 0 Å². The maximum Gasteiger partial charge on any atom is 0.306 e. The molecule has 0 aliphatic rings. The molecule has 0 spiro atoms. The number of rotatable bonds is 34. The average molecular weight is 721 g/mol. The summed E-state index contributed by atoms with van der Waals surface area (Å²) in [4.78, 5) is 37.5. The molecule has 0 saturated heterocycles. The van der Waals surface area contributed by atoms with Gasteiger partial charge in [-0.05, 0) is 89.9 Å². The van der Waals surface area contributed by atoms with Crippen molar-refractivity contribution in [3.05, 3.63) is 97.2 Å². The summed E-state index contributed by atoms with van der Waals surface area (Å²) in [5, 5.41) is 0. The summed E-state index contributed by atoms with van der Waals surface area (Å²) in [6.07, 6.45) is 51.2. The fourth-order valence-corrected chi connectivity index (χ4v) is 4.88. The number of carbonyl (C=O) groups is 3. The van der Waals surface area contributed by atoms with Gasteiger partial charge in [-0.25, -0.2) is 0 Å². The summed E-state index contributed by atoms with van der Waals surface area (Å²) >= 11 is 0. The molecule has 1 atom stereocenters. The van der Waals surface area contributed by atoms with E-state index in [0.717, 1.165) is 77.0 Å². The number of ether oxygens (including phenoxy) is 3. The van der Waals surface area contributed by atoms with Crippen molar-refractivity contribution < 1.29 is 28.6 Å². The molecule has 0 bridgehead atoms. The smallest absolute Gasteiger partial charge is 0.306 e. The van der Waals surface area contributed by atoms with Crippen molar-refractivity contribution in [2.45, 2.75) is 162 Å². The van der Waals surface area contributed by atoms with Gasteiger partial charge in [-0.15, -0.1) is 0 Å². The quantitative estimate of drug-likeness (QED) is 0.0216. The molecule has 0 N–H and O–H groups in total. The van der Waals surface area contributed by atoms with Crippen molar-refractivity contribution in [2.24, 2.45) is 0 Å². The number of allylic oxidation sites excluding steroid dienone is 16. The molecule has 0 radical (unpaired) electrons. The van der Waals surface area contributed by atoms with E-state index in [0.29, 0.717) is 25.7 Å². The molecule has 292 valence electrons. The summed E-state index contributed by atoms with van der Waals surface area (Å²) in [7, 11) is 0. The zero-order chi connectivity index (χ0) is 38.0. The van der Waals surface area contributed by atoms with Crippen LogP contribution in [0, 0.1) is 0 Å². The van der Waals surface area contributed by atoms with Crippen LogP contribution in [0.15, 0.2) is 97.2 Å². The first kappa shape index (κ1) is 48.3. The average Bonchev–Trinajstić information content (AvgIpc) is 3.14. The Hall–Kier alpha value is -3.67. The third-order valence-corrected chi connectivity index (χ3v) is 7.90. The summed E-state index contributed by atoms with van der Waals surface area (Å²) in [5.41, 5.74) is 0. The lowest BCUT2D eigenvalue weighted by Gasteiger charge is -2.18. The molecule has 0 rings (SSSR count). The molecule has 0 aliphatic heterocycles. The van der Waals surface area contributed by atoms with E-state index in [2.05, 4.69) is 81.5 Å². The number of hydrogen-bond acceptors (Lipinski definition) is 6. The highest BCUT2D eigenvalue weighted by molar-refractivity contribution is 5.71. The topological polar surface area (TPSA) is 78.9 Å². The molecule has 0 aromatic rings. The van der Waals surface area contributed by atoms with E-state index in [9.17, 15) is 14.4 Å². The van der Waals surface area contributed by atoms with Crippen LogP contribution in [-0.4, -0.2) is 37.2 Å². The number of carbonyl (C=O) groups excluding carboxylic acids is 3. The van der Waals surface area contributed by atoms with Crippen molar-refractivity contribution in [1.29, 1.82) is 0 Å². The van der Waals surface area contributed by atoms with Gasteiger partial charge in [0.1, 0.15) is 13.2 Å². The molecule has 0 heterocycles. The van der Waals surface area contributed by atoms with Crippen molar-refractivity contribution in [3.63, 3.8) is 0 Å². The second kappa shape index (κ2) is 40.1. The summed E-state index contributed by atoms with van der Waals surface area (Å²) in [6.45, 7) is 6.20. The highest BCUT2D eigenvalue weighted by Gasteiger charge is 2.19. The monoisotopic (exact) mass is 721 g/mol. The van der Waals surface area contributed by atoms with Gasteiger partial charge in [-0.2, -0.15) is 0 Å². The lowest BCUT2D eigenvalue weighted by molar-refractivity contribution is -0.167. The molecule has 0 aliphatic carbocycles. The van der Waals surface area contributed by atoms with Crippen molar-refractivity contribution in [1.82, 2.24) is 0 Å². The molecule has 1 unspecified atom stereocenters. The molecule has 6 nitrogen and oxygen atoms in total. The highest BCUT2D eigenvalue weighted by atomic mass is 16.6. The van der Waals surface area contributed by atoms with Crippen LogP contribution in [0.3, 0.4) is 0 Å². The Balaban J connectivity index is 4.57. The van der Waals surface area contributed by atoms with E-state index in [-0.39, 0.29) is 37.5 Å². The number of unbranched alkanes of at least 4 members (excludes halogenated alkanes) is 10. The maximum absolute atomic E-state index is 12.6. The Bertz CT molecular complexity index is 1100. The van der Waals surface area contributed by atoms with Crippen LogP contribution in [0.4, 0.5) is 0 Å². The van der Waals surface area contributed by atoms with Crippen LogP contribution in [-0.2, 0) is 28.6 Å². The lowest BCUT2D eigenvalue weighted by Crippen LogP contribution is -2.30. The van der Waals surface area contributed by atoms with Gasteiger partial charge in [-0.1, -0.05) is 144 Å². The van der Waals surface area contributed by atoms with Crippen molar-refractivity contribution in [2.75, 3.05) is 13.2 Å². The van der Waals surface area contributed by atoms with Gasteiger partial charge >= 0.3 is 17.9 Å². The molecular formula is C46H72O6. The fourth-order valence-electron chi connectivity index (χ4n) is 4.88. The first-order valence-electron chi connectivity index (χ1n) is 20.3. The van der Waals surface area contributed by atoms with Gasteiger partial charge in [0, 0.05) is 19.3 Å². The van der Waals surface area contributed by atoms with Crippen molar-refractivity contribution >= 4 is 17.9 Å².